The molecule has 0 saturated carbocycles. The lowest BCUT2D eigenvalue weighted by Crippen LogP contribution is -2.12. The number of carbonyl (C=O) groups is 2. The molecule has 164 valence electrons. The van der Waals surface area contributed by atoms with Gasteiger partial charge in [-0.25, -0.2) is 9.67 Å². The molecule has 3 aromatic heterocycles. The van der Waals surface area contributed by atoms with Crippen molar-refractivity contribution in [3.8, 4) is 5.69 Å². The van der Waals surface area contributed by atoms with E-state index in [1.54, 1.807) is 12.1 Å². The van der Waals surface area contributed by atoms with Crippen molar-refractivity contribution < 1.29 is 14.3 Å². The monoisotopic (exact) mass is 431 g/mol. The van der Waals surface area contributed by atoms with Gasteiger partial charge in [0.2, 0.25) is 0 Å². The maximum atomic E-state index is 12.7. The molecule has 4 rings (SSSR count). The number of esters is 1. The van der Waals surface area contributed by atoms with Crippen molar-refractivity contribution in [1.82, 2.24) is 19.2 Å². The lowest BCUT2D eigenvalue weighted by atomic mass is 10.1. The number of nitrogens with one attached hydrogen (secondary N) is 1. The molecular formula is C24H25N5O3. The van der Waals surface area contributed by atoms with Gasteiger partial charge in [-0.2, -0.15) is 5.10 Å². The molecule has 1 amide bonds. The predicted molar refractivity (Wildman–Crippen MR) is 121 cm³/mol. The fraction of sp³-hybridized carbons (Fsp3) is 0.250. The Balaban J connectivity index is 1.50. The Labute approximate surface area is 185 Å². The smallest absolute Gasteiger partial charge is 0.305 e. The van der Waals surface area contributed by atoms with Crippen LogP contribution in [0.2, 0.25) is 0 Å². The Morgan fingerprint density at radius 3 is 2.50 bits per heavy atom. The van der Waals surface area contributed by atoms with E-state index in [1.807, 2.05) is 66.5 Å². The fourth-order valence-corrected chi connectivity index (χ4v) is 3.77. The van der Waals surface area contributed by atoms with Gasteiger partial charge >= 0.3 is 5.97 Å². The first-order valence-electron chi connectivity index (χ1n) is 10.3. The first-order valence-corrected chi connectivity index (χ1v) is 10.3. The molecule has 0 atom stereocenters. The minimum absolute atomic E-state index is 0.195. The van der Waals surface area contributed by atoms with Gasteiger partial charge in [0.25, 0.3) is 5.91 Å². The number of fused-ring (bicyclic) bond motifs is 1. The number of aryl methyl sites for hydroxylation is 2. The summed E-state index contributed by atoms with van der Waals surface area (Å²) in [6.45, 7) is 5.83. The number of hydrogen-bond acceptors (Lipinski definition) is 5. The van der Waals surface area contributed by atoms with Crippen LogP contribution in [0.1, 0.15) is 39.4 Å². The first kappa shape index (κ1) is 21.3. The number of ether oxygens (including phenoxy) is 1. The van der Waals surface area contributed by atoms with Crippen molar-refractivity contribution in [2.45, 2.75) is 33.6 Å². The van der Waals surface area contributed by atoms with Gasteiger partial charge < -0.3 is 14.5 Å². The number of amides is 1. The molecule has 1 aromatic carbocycles. The Hall–Kier alpha value is -3.94. The summed E-state index contributed by atoms with van der Waals surface area (Å²) in [5.41, 5.74) is 6.71. The lowest BCUT2D eigenvalue weighted by molar-refractivity contribution is -0.140. The largest absolute Gasteiger partial charge is 0.469 e. The summed E-state index contributed by atoms with van der Waals surface area (Å²) in [4.78, 5) is 28.6. The molecule has 0 bridgehead atoms. The van der Waals surface area contributed by atoms with Crippen LogP contribution in [0.3, 0.4) is 0 Å². The van der Waals surface area contributed by atoms with Crippen molar-refractivity contribution in [3.05, 3.63) is 77.0 Å². The molecule has 0 unspecified atom stereocenters. The molecule has 0 radical (unpaired) electrons. The second-order valence-electron chi connectivity index (χ2n) is 7.70. The summed E-state index contributed by atoms with van der Waals surface area (Å²) in [5, 5.41) is 7.54. The Bertz CT molecular complexity index is 1300. The topological polar surface area (TPSA) is 90.5 Å². The van der Waals surface area contributed by atoms with Gasteiger partial charge in [-0.15, -0.1) is 0 Å². The van der Waals surface area contributed by atoms with Gasteiger partial charge in [0.05, 0.1) is 29.9 Å². The van der Waals surface area contributed by atoms with E-state index in [4.69, 9.17) is 4.74 Å². The van der Waals surface area contributed by atoms with Crippen molar-refractivity contribution in [2.75, 3.05) is 12.4 Å². The third-order valence-corrected chi connectivity index (χ3v) is 5.45. The molecule has 0 aliphatic rings. The number of aromatic nitrogens is 4. The van der Waals surface area contributed by atoms with E-state index in [0.29, 0.717) is 24.1 Å². The van der Waals surface area contributed by atoms with E-state index in [-0.39, 0.29) is 11.9 Å². The molecule has 0 aliphatic heterocycles. The quantitative estimate of drug-likeness (QED) is 0.469. The van der Waals surface area contributed by atoms with Gasteiger partial charge in [-0.1, -0.05) is 0 Å². The van der Waals surface area contributed by atoms with E-state index >= 15 is 0 Å². The minimum atomic E-state index is -0.241. The standard InChI is InChI=1S/C24H25N5O3/c1-15-13-28-14-19(7-11-22(28)25-15)26-24(31)18-5-8-20(9-6-18)29-17(3)21(16(2)27-29)10-12-23(30)32-4/h5-9,11,13-14H,10,12H2,1-4H3,(H,26,31). The van der Waals surface area contributed by atoms with Crippen LogP contribution < -0.4 is 5.32 Å². The normalized spacial score (nSPS) is 11.0. The molecule has 8 heteroatoms. The van der Waals surface area contributed by atoms with Gasteiger partial charge in [0, 0.05) is 30.1 Å². The van der Waals surface area contributed by atoms with Crippen molar-refractivity contribution in [1.29, 1.82) is 0 Å². The van der Waals surface area contributed by atoms with Crippen LogP contribution in [0, 0.1) is 20.8 Å². The van der Waals surface area contributed by atoms with Gasteiger partial charge in [0.15, 0.2) is 0 Å². The highest BCUT2D eigenvalue weighted by molar-refractivity contribution is 6.04. The van der Waals surface area contributed by atoms with Crippen LogP contribution in [0.15, 0.2) is 48.8 Å². The van der Waals surface area contributed by atoms with Crippen LogP contribution in [0.25, 0.3) is 11.3 Å². The molecule has 0 saturated heterocycles. The zero-order valence-electron chi connectivity index (χ0n) is 18.5. The molecule has 3 heterocycles. The number of benzene rings is 1. The predicted octanol–water partition coefficient (Wildman–Crippen LogP) is 3.80. The minimum Gasteiger partial charge on any atom is -0.469 e. The average molecular weight is 431 g/mol. The molecule has 0 aliphatic carbocycles. The zero-order chi connectivity index (χ0) is 22.8. The summed E-state index contributed by atoms with van der Waals surface area (Å²) in [7, 11) is 1.39. The lowest BCUT2D eigenvalue weighted by Gasteiger charge is -2.08. The number of carbonyl (C=O) groups excluding carboxylic acids is 2. The molecule has 4 aromatic rings. The highest BCUT2D eigenvalue weighted by Crippen LogP contribution is 2.20. The van der Waals surface area contributed by atoms with Gasteiger partial charge in [0.1, 0.15) is 5.65 Å². The average Bonchev–Trinajstić information content (AvgIpc) is 3.29. The summed E-state index contributed by atoms with van der Waals surface area (Å²) in [6.07, 6.45) is 4.64. The van der Waals surface area contributed by atoms with E-state index in [9.17, 15) is 9.59 Å². The molecular weight excluding hydrogens is 406 g/mol. The Kier molecular flexibility index (Phi) is 5.77. The van der Waals surface area contributed by atoms with Crippen LogP contribution in [-0.2, 0) is 16.0 Å². The summed E-state index contributed by atoms with van der Waals surface area (Å²) in [6, 6.07) is 11.0. The summed E-state index contributed by atoms with van der Waals surface area (Å²) in [5.74, 6) is -0.436. The zero-order valence-corrected chi connectivity index (χ0v) is 18.5. The Morgan fingerprint density at radius 2 is 1.78 bits per heavy atom. The number of anilines is 1. The fourth-order valence-electron chi connectivity index (χ4n) is 3.77. The highest BCUT2D eigenvalue weighted by atomic mass is 16.5. The van der Waals surface area contributed by atoms with Crippen molar-refractivity contribution in [3.63, 3.8) is 0 Å². The first-order chi connectivity index (χ1) is 15.4. The molecule has 32 heavy (non-hydrogen) atoms. The maximum absolute atomic E-state index is 12.7. The van der Waals surface area contributed by atoms with Gasteiger partial charge in [-0.3, -0.25) is 9.59 Å². The second kappa shape index (κ2) is 8.66. The third-order valence-electron chi connectivity index (χ3n) is 5.45. The van der Waals surface area contributed by atoms with Crippen LogP contribution >= 0.6 is 0 Å². The van der Waals surface area contributed by atoms with E-state index in [0.717, 1.165) is 34.0 Å². The summed E-state index contributed by atoms with van der Waals surface area (Å²) >= 11 is 0. The summed E-state index contributed by atoms with van der Waals surface area (Å²) < 4.78 is 8.45. The van der Waals surface area contributed by atoms with E-state index in [1.165, 1.54) is 7.11 Å². The number of pyridine rings is 1. The van der Waals surface area contributed by atoms with Crippen LogP contribution in [0.4, 0.5) is 5.69 Å². The van der Waals surface area contributed by atoms with E-state index < -0.39 is 0 Å². The maximum Gasteiger partial charge on any atom is 0.305 e. The number of rotatable bonds is 6. The van der Waals surface area contributed by atoms with Crippen LogP contribution in [0.5, 0.6) is 0 Å². The van der Waals surface area contributed by atoms with E-state index in [2.05, 4.69) is 15.4 Å². The number of imidazole rings is 1. The molecule has 0 spiro atoms. The highest BCUT2D eigenvalue weighted by Gasteiger charge is 2.15. The number of methoxy groups -OCH3 is 1. The molecule has 8 nitrogen and oxygen atoms in total. The third kappa shape index (κ3) is 4.25. The second-order valence-corrected chi connectivity index (χ2v) is 7.70. The van der Waals surface area contributed by atoms with Gasteiger partial charge in [-0.05, 0) is 69.2 Å². The van der Waals surface area contributed by atoms with Crippen LogP contribution in [-0.4, -0.2) is 38.2 Å². The number of hydrogen-bond donors (Lipinski definition) is 1. The molecule has 0 fully saturated rings. The van der Waals surface area contributed by atoms with Crippen molar-refractivity contribution >= 4 is 23.2 Å². The van der Waals surface area contributed by atoms with Crippen molar-refractivity contribution in [2.24, 2.45) is 0 Å². The SMILES string of the molecule is COC(=O)CCc1c(C)nn(-c2ccc(C(=O)Nc3ccc4nc(C)cn4c3)cc2)c1C. The number of nitrogens with zero attached hydrogens (tertiary/aromatic N) is 4. The molecule has 1 N–H and O–H groups in total. The Morgan fingerprint density at radius 1 is 1.03 bits per heavy atom.